The number of anilines is 1. The number of benzene rings is 2. The molecule has 10 nitrogen and oxygen atoms in total. The molecule has 1 atom stereocenters. The van der Waals surface area contributed by atoms with Gasteiger partial charge in [-0.2, -0.15) is 0 Å². The van der Waals surface area contributed by atoms with Crippen LogP contribution in [0.3, 0.4) is 0 Å². The van der Waals surface area contributed by atoms with E-state index in [0.29, 0.717) is 61.9 Å². The highest BCUT2D eigenvalue weighted by Crippen LogP contribution is 2.38. The summed E-state index contributed by atoms with van der Waals surface area (Å²) in [5.41, 5.74) is 2.50. The van der Waals surface area contributed by atoms with Crippen LogP contribution in [-0.2, 0) is 9.53 Å². The zero-order chi connectivity index (χ0) is 28.2. The summed E-state index contributed by atoms with van der Waals surface area (Å²) in [6.45, 7) is 8.31. The van der Waals surface area contributed by atoms with Crippen LogP contribution in [-0.4, -0.2) is 76.7 Å². The van der Waals surface area contributed by atoms with Gasteiger partial charge in [-0.3, -0.25) is 14.9 Å². The quantitative estimate of drug-likeness (QED) is 0.445. The molecule has 2 aliphatic heterocycles. The molecule has 40 heavy (non-hydrogen) atoms. The number of nitrogens with one attached hydrogen (secondary N) is 1. The molecule has 3 aromatic rings. The number of ether oxygens (including phenoxy) is 2. The van der Waals surface area contributed by atoms with Gasteiger partial charge >= 0.3 is 6.09 Å². The third-order valence-corrected chi connectivity index (χ3v) is 7.59. The van der Waals surface area contributed by atoms with Crippen LogP contribution in [0.25, 0.3) is 11.0 Å². The lowest BCUT2D eigenvalue weighted by Gasteiger charge is -2.27. The highest BCUT2D eigenvalue weighted by molar-refractivity contribution is 6.36. The van der Waals surface area contributed by atoms with Crippen molar-refractivity contribution < 1.29 is 23.9 Å². The minimum atomic E-state index is -0.513. The summed E-state index contributed by atoms with van der Waals surface area (Å²) in [6.07, 6.45) is 3.23. The van der Waals surface area contributed by atoms with Crippen molar-refractivity contribution in [2.24, 2.45) is 0 Å². The first-order valence-electron chi connectivity index (χ1n) is 13.4. The number of morpholine rings is 1. The summed E-state index contributed by atoms with van der Waals surface area (Å²) < 4.78 is 12.9. The number of aryl methyl sites for hydroxylation is 1. The number of halogens is 1. The van der Waals surface area contributed by atoms with Crippen LogP contribution in [0.2, 0.25) is 5.02 Å². The van der Waals surface area contributed by atoms with Gasteiger partial charge in [0.1, 0.15) is 5.02 Å². The topological polar surface area (TPSA) is 106 Å². The molecule has 0 aliphatic carbocycles. The van der Waals surface area contributed by atoms with Crippen LogP contribution in [0.5, 0.6) is 5.75 Å². The Morgan fingerprint density at radius 3 is 2.67 bits per heavy atom. The molecular weight excluding hydrogens is 534 g/mol. The molecule has 2 fully saturated rings. The van der Waals surface area contributed by atoms with Gasteiger partial charge in [0.05, 0.1) is 30.3 Å². The van der Waals surface area contributed by atoms with E-state index in [0.717, 1.165) is 24.8 Å². The molecule has 2 saturated heterocycles. The second kappa shape index (κ2) is 12.1. The number of amides is 3. The smallest absolute Gasteiger partial charge is 0.409 e. The first-order valence-corrected chi connectivity index (χ1v) is 13.8. The summed E-state index contributed by atoms with van der Waals surface area (Å²) in [4.78, 5) is 46.7. The van der Waals surface area contributed by atoms with Gasteiger partial charge < -0.3 is 23.8 Å². The predicted molar refractivity (Wildman–Crippen MR) is 152 cm³/mol. The summed E-state index contributed by atoms with van der Waals surface area (Å²) in [5, 5.41) is 3.16. The molecule has 5 rings (SSSR count). The number of aromatic nitrogens is 2. The van der Waals surface area contributed by atoms with Crippen LogP contribution >= 0.6 is 11.6 Å². The van der Waals surface area contributed by atoms with E-state index in [1.54, 1.807) is 34.1 Å². The van der Waals surface area contributed by atoms with Crippen LogP contribution < -0.4 is 10.1 Å². The number of rotatable bonds is 5. The fourth-order valence-corrected chi connectivity index (χ4v) is 5.47. The van der Waals surface area contributed by atoms with Gasteiger partial charge in [0, 0.05) is 31.7 Å². The van der Waals surface area contributed by atoms with E-state index in [1.807, 2.05) is 23.6 Å². The highest BCUT2D eigenvalue weighted by atomic mass is 35.5. The second-order valence-electron chi connectivity index (χ2n) is 9.98. The maximum atomic E-state index is 13.3. The van der Waals surface area contributed by atoms with Crippen molar-refractivity contribution in [3.8, 4) is 5.75 Å². The lowest BCUT2D eigenvalue weighted by atomic mass is 10.1. The number of hydrogen-bond acceptors (Lipinski definition) is 6. The number of likely N-dealkylation sites (tertiary alicyclic amines) is 1. The van der Waals surface area contributed by atoms with Crippen molar-refractivity contribution in [1.29, 1.82) is 0 Å². The third kappa shape index (κ3) is 5.83. The normalized spacial score (nSPS) is 17.8. The van der Waals surface area contributed by atoms with E-state index < -0.39 is 6.09 Å². The largest absolute Gasteiger partial charge is 0.415 e. The van der Waals surface area contributed by atoms with Gasteiger partial charge in [-0.25, -0.2) is 9.78 Å². The molecule has 2 aromatic carbocycles. The number of carbonyl (C=O) groups is 3. The summed E-state index contributed by atoms with van der Waals surface area (Å²) in [7, 11) is 0. The molecule has 0 bridgehead atoms. The third-order valence-electron chi connectivity index (χ3n) is 7.22. The Hall–Kier alpha value is -3.89. The van der Waals surface area contributed by atoms with Gasteiger partial charge in [0.25, 0.3) is 5.91 Å². The zero-order valence-electron chi connectivity index (χ0n) is 22.4. The maximum Gasteiger partial charge on any atom is 0.415 e. The lowest BCUT2D eigenvalue weighted by Crippen LogP contribution is -2.42. The molecule has 3 heterocycles. The van der Waals surface area contributed by atoms with E-state index in [9.17, 15) is 14.4 Å². The fourth-order valence-electron chi connectivity index (χ4n) is 5.18. The van der Waals surface area contributed by atoms with Crippen LogP contribution in [0.1, 0.15) is 41.2 Å². The number of nitrogens with zero attached hydrogens (tertiary/aromatic N) is 4. The van der Waals surface area contributed by atoms with Crippen molar-refractivity contribution in [1.82, 2.24) is 19.4 Å². The Labute approximate surface area is 237 Å². The Kier molecular flexibility index (Phi) is 8.37. The summed E-state index contributed by atoms with van der Waals surface area (Å²) in [6, 6.07) is 10.4. The molecule has 11 heteroatoms. The predicted octanol–water partition coefficient (Wildman–Crippen LogP) is 4.82. The maximum absolute atomic E-state index is 13.3. The number of imidazole rings is 1. The molecule has 1 unspecified atom stereocenters. The second-order valence-corrected chi connectivity index (χ2v) is 10.4. The molecule has 0 spiro atoms. The summed E-state index contributed by atoms with van der Waals surface area (Å²) >= 11 is 6.91. The van der Waals surface area contributed by atoms with Gasteiger partial charge in [0.15, 0.2) is 5.75 Å². The molecule has 3 amide bonds. The van der Waals surface area contributed by atoms with Gasteiger partial charge in [-0.1, -0.05) is 35.9 Å². The molecule has 0 saturated carbocycles. The molecule has 0 radical (unpaired) electrons. The first kappa shape index (κ1) is 27.7. The standard InChI is InChI=1S/C29H32ClN5O5/c1-3-24(36)34-12-5-4-9-21(18-34)35-26-22(31-28(35)32-27(37)20-8-6-7-19(2)17-20)10-11-23(25(26)30)40-29(38)33-13-15-39-16-14-33/h3,6-8,10-11,17,21H,1,4-5,9,12-16,18H2,2H3,(H,31,32,37). The Morgan fingerprint density at radius 1 is 1.12 bits per heavy atom. The average molecular weight is 566 g/mol. The van der Waals surface area contributed by atoms with Crippen molar-refractivity contribution in [3.63, 3.8) is 0 Å². The highest BCUT2D eigenvalue weighted by Gasteiger charge is 2.29. The van der Waals surface area contributed by atoms with Gasteiger partial charge in [0.2, 0.25) is 11.9 Å². The van der Waals surface area contributed by atoms with E-state index in [1.165, 1.54) is 6.08 Å². The van der Waals surface area contributed by atoms with Gasteiger partial charge in [-0.15, -0.1) is 0 Å². The van der Waals surface area contributed by atoms with E-state index in [4.69, 9.17) is 26.1 Å². The van der Waals surface area contributed by atoms with Crippen LogP contribution in [0.15, 0.2) is 49.1 Å². The Morgan fingerprint density at radius 2 is 1.93 bits per heavy atom. The molecule has 1 N–H and O–H groups in total. The lowest BCUT2D eigenvalue weighted by molar-refractivity contribution is -0.126. The molecule has 2 aliphatic rings. The average Bonchev–Trinajstić information content (AvgIpc) is 3.15. The fraction of sp³-hybridized carbons (Fsp3) is 0.379. The van der Waals surface area contributed by atoms with Crippen LogP contribution in [0, 0.1) is 6.92 Å². The minimum absolute atomic E-state index is 0.159. The Bertz CT molecular complexity index is 1450. The van der Waals surface area contributed by atoms with E-state index >= 15 is 0 Å². The SMILES string of the molecule is C=CC(=O)N1CCCCC(n2c(NC(=O)c3cccc(C)c3)nc3ccc(OC(=O)N4CCOCC4)c(Cl)c32)C1. The van der Waals surface area contributed by atoms with Gasteiger partial charge in [-0.05, 0) is 56.5 Å². The minimum Gasteiger partial charge on any atom is -0.409 e. The molecule has 1 aromatic heterocycles. The van der Waals surface area contributed by atoms with Crippen molar-refractivity contribution >= 4 is 46.5 Å². The molecular formula is C29H32ClN5O5. The van der Waals surface area contributed by atoms with Crippen molar-refractivity contribution in [2.75, 3.05) is 44.7 Å². The van der Waals surface area contributed by atoms with Crippen molar-refractivity contribution in [3.05, 3.63) is 65.2 Å². The number of hydrogen-bond donors (Lipinski definition) is 1. The molecule has 210 valence electrons. The number of carbonyl (C=O) groups excluding carboxylic acids is 3. The van der Waals surface area contributed by atoms with E-state index in [2.05, 4.69) is 11.9 Å². The zero-order valence-corrected chi connectivity index (χ0v) is 23.2. The summed E-state index contributed by atoms with van der Waals surface area (Å²) in [5.74, 6) is 0.0184. The van der Waals surface area contributed by atoms with E-state index in [-0.39, 0.29) is 28.6 Å². The first-order chi connectivity index (χ1) is 19.4. The number of fused-ring (bicyclic) bond motifs is 1. The van der Waals surface area contributed by atoms with Crippen molar-refractivity contribution in [2.45, 2.75) is 32.2 Å². The monoisotopic (exact) mass is 565 g/mol. The van der Waals surface area contributed by atoms with Crippen LogP contribution in [0.4, 0.5) is 10.7 Å². The Balaban J connectivity index is 1.56.